The fraction of sp³-hybridized carbons (Fsp3) is 0.0417. The van der Waals surface area contributed by atoms with E-state index in [9.17, 15) is 15.2 Å². The third kappa shape index (κ3) is 6.21. The van der Waals surface area contributed by atoms with E-state index in [2.05, 4.69) is 20.3 Å². The molecule has 0 amide bonds. The zero-order valence-corrected chi connectivity index (χ0v) is 19.3. The highest BCUT2D eigenvalue weighted by atomic mass is 35.5. The van der Waals surface area contributed by atoms with Gasteiger partial charge in [0.25, 0.3) is 11.6 Å². The summed E-state index contributed by atoms with van der Waals surface area (Å²) in [6.07, 6.45) is 0. The van der Waals surface area contributed by atoms with Crippen molar-refractivity contribution in [3.05, 3.63) is 89.0 Å². The van der Waals surface area contributed by atoms with Crippen molar-refractivity contribution in [2.45, 2.75) is 0 Å². The summed E-state index contributed by atoms with van der Waals surface area (Å²) in [5.74, 6) is 0.982. The molecule has 4 rings (SSSR count). The van der Waals surface area contributed by atoms with Crippen LogP contribution in [0.1, 0.15) is 0 Å². The lowest BCUT2D eigenvalue weighted by Crippen LogP contribution is -2.22. The molecule has 0 atom stereocenters. The second-order valence-corrected chi connectivity index (χ2v) is 7.14. The van der Waals surface area contributed by atoms with Gasteiger partial charge in [-0.25, -0.2) is 9.97 Å². The summed E-state index contributed by atoms with van der Waals surface area (Å²) < 4.78 is 5.22. The molecule has 0 radical (unpaired) electrons. The van der Waals surface area contributed by atoms with Gasteiger partial charge < -0.3 is 20.9 Å². The van der Waals surface area contributed by atoms with Gasteiger partial charge in [-0.2, -0.15) is 4.99 Å². The van der Waals surface area contributed by atoms with Gasteiger partial charge >= 0.3 is 0 Å². The van der Waals surface area contributed by atoms with Gasteiger partial charge in [0.2, 0.25) is 5.96 Å². The van der Waals surface area contributed by atoms with E-state index in [1.807, 2.05) is 24.3 Å². The Morgan fingerprint density at radius 2 is 1.51 bits per heavy atom. The fourth-order valence-electron chi connectivity index (χ4n) is 3.12. The highest BCUT2D eigenvalue weighted by Crippen LogP contribution is 2.28. The molecule has 0 bridgehead atoms. The molecule has 0 unspecified atom stereocenters. The minimum absolute atomic E-state index is 0. The number of aliphatic imine (C=N–C) groups is 1. The van der Waals surface area contributed by atoms with E-state index in [1.165, 1.54) is 24.3 Å². The molecule has 3 aromatic carbocycles. The summed E-state index contributed by atoms with van der Waals surface area (Å²) in [4.78, 5) is 23.8. The maximum Gasteiger partial charge on any atom is 0.269 e. The first-order valence-electron chi connectivity index (χ1n) is 10.1. The molecule has 10 nitrogen and oxygen atoms in total. The highest BCUT2D eigenvalue weighted by molar-refractivity contribution is 5.93. The maximum absolute atomic E-state index is 11.0. The van der Waals surface area contributed by atoms with E-state index in [0.717, 1.165) is 5.56 Å². The Bertz CT molecular complexity index is 1340. The number of nitrogens with two attached hydrogens (primary N) is 1. The Morgan fingerprint density at radius 3 is 2.03 bits per heavy atom. The number of aromatic hydroxyl groups is 1. The van der Waals surface area contributed by atoms with E-state index in [0.29, 0.717) is 28.4 Å². The molecule has 4 aromatic rings. The fourth-order valence-corrected chi connectivity index (χ4v) is 3.12. The number of ether oxygens (including phenoxy) is 1. The van der Waals surface area contributed by atoms with Crippen molar-refractivity contribution in [2.75, 3.05) is 12.4 Å². The summed E-state index contributed by atoms with van der Waals surface area (Å²) in [7, 11) is 1.59. The molecule has 0 aliphatic carbocycles. The van der Waals surface area contributed by atoms with Crippen molar-refractivity contribution in [2.24, 2.45) is 10.7 Å². The van der Waals surface area contributed by atoms with Crippen LogP contribution >= 0.6 is 12.4 Å². The van der Waals surface area contributed by atoms with Gasteiger partial charge in [-0.15, -0.1) is 12.4 Å². The summed E-state index contributed by atoms with van der Waals surface area (Å²) in [6, 6.07) is 21.5. The standard InChI is InChI=1S/C24H20N6O4.ClH/c1-34-20-12-4-16(5-13-20)22-14-21(15-2-8-18(9-3-15)30(32)33)27-24(28-22)29-23(25)26-17-6-10-19(31)11-7-17;/h2-14,31H,1H3,(H3,25,26,27,28,29);1H. The molecule has 1 aromatic heterocycles. The topological polar surface area (TPSA) is 149 Å². The second-order valence-electron chi connectivity index (χ2n) is 7.14. The predicted octanol–water partition coefficient (Wildman–Crippen LogP) is 4.91. The SMILES string of the molecule is COc1ccc(-c2cc(-c3ccc([N+](=O)[O-])cc3)nc(N=C(N)Nc3ccc(O)cc3)n2)cc1.Cl. The van der Waals surface area contributed by atoms with Crippen molar-refractivity contribution in [1.29, 1.82) is 0 Å². The van der Waals surface area contributed by atoms with Crippen LogP contribution < -0.4 is 15.8 Å². The third-order valence-corrected chi connectivity index (χ3v) is 4.83. The Hall–Kier alpha value is -4.70. The molecule has 178 valence electrons. The molecule has 0 saturated carbocycles. The number of rotatable bonds is 6. The van der Waals surface area contributed by atoms with E-state index in [4.69, 9.17) is 10.5 Å². The first-order valence-corrected chi connectivity index (χ1v) is 10.1. The van der Waals surface area contributed by atoms with Crippen LogP contribution in [0.15, 0.2) is 83.9 Å². The number of nitro groups is 1. The number of halogens is 1. The number of hydrogen-bond donors (Lipinski definition) is 3. The van der Waals surface area contributed by atoms with E-state index < -0.39 is 4.92 Å². The van der Waals surface area contributed by atoms with E-state index in [-0.39, 0.29) is 35.8 Å². The lowest BCUT2D eigenvalue weighted by Gasteiger charge is -2.09. The number of anilines is 1. The van der Waals surface area contributed by atoms with Crippen molar-refractivity contribution in [3.63, 3.8) is 0 Å². The minimum Gasteiger partial charge on any atom is -0.508 e. The molecule has 35 heavy (non-hydrogen) atoms. The van der Waals surface area contributed by atoms with Crippen molar-refractivity contribution in [3.8, 4) is 34.0 Å². The van der Waals surface area contributed by atoms with Crippen LogP contribution in [0.3, 0.4) is 0 Å². The lowest BCUT2D eigenvalue weighted by atomic mass is 10.1. The van der Waals surface area contributed by atoms with Crippen LogP contribution in [0.4, 0.5) is 17.3 Å². The van der Waals surface area contributed by atoms with Gasteiger partial charge in [-0.1, -0.05) is 0 Å². The Morgan fingerprint density at radius 1 is 0.971 bits per heavy atom. The molecular weight excluding hydrogens is 472 g/mol. The van der Waals surface area contributed by atoms with Gasteiger partial charge in [0.05, 0.1) is 23.4 Å². The largest absolute Gasteiger partial charge is 0.508 e. The Labute approximate surface area is 206 Å². The summed E-state index contributed by atoms with van der Waals surface area (Å²) >= 11 is 0. The number of nitrogens with one attached hydrogen (secondary N) is 1. The highest BCUT2D eigenvalue weighted by Gasteiger charge is 2.11. The molecule has 0 spiro atoms. The van der Waals surface area contributed by atoms with Gasteiger partial charge in [-0.3, -0.25) is 10.1 Å². The van der Waals surface area contributed by atoms with Crippen LogP contribution in [0.2, 0.25) is 0 Å². The lowest BCUT2D eigenvalue weighted by molar-refractivity contribution is -0.384. The zero-order valence-electron chi connectivity index (χ0n) is 18.5. The van der Waals surface area contributed by atoms with Gasteiger partial charge in [0, 0.05) is 28.9 Å². The summed E-state index contributed by atoms with van der Waals surface area (Å²) in [5, 5.41) is 23.3. The normalized spacial score (nSPS) is 10.8. The molecule has 0 aliphatic heterocycles. The Kier molecular flexibility index (Phi) is 7.80. The van der Waals surface area contributed by atoms with Crippen LogP contribution in [-0.4, -0.2) is 33.1 Å². The predicted molar refractivity (Wildman–Crippen MR) is 136 cm³/mol. The Balaban J connectivity index is 0.00000342. The molecule has 0 fully saturated rings. The van der Waals surface area contributed by atoms with Crippen molar-refractivity contribution >= 4 is 35.7 Å². The average Bonchev–Trinajstić information content (AvgIpc) is 2.85. The average molecular weight is 493 g/mol. The number of hydrogen-bond acceptors (Lipinski definition) is 7. The zero-order chi connectivity index (χ0) is 24.1. The number of phenolic OH excluding ortho intramolecular Hbond substituents is 1. The van der Waals surface area contributed by atoms with Crippen LogP contribution in [0.5, 0.6) is 11.5 Å². The quantitative estimate of drug-likeness (QED) is 0.113. The molecular formula is C24H21ClN6O4. The second kappa shape index (κ2) is 10.9. The molecule has 0 aliphatic rings. The number of nitrogens with zero attached hydrogens (tertiary/aromatic N) is 4. The molecule has 1 heterocycles. The van der Waals surface area contributed by atoms with Gasteiger partial charge in [0.1, 0.15) is 11.5 Å². The van der Waals surface area contributed by atoms with Crippen LogP contribution in [0.25, 0.3) is 22.5 Å². The van der Waals surface area contributed by atoms with E-state index in [1.54, 1.807) is 37.4 Å². The van der Waals surface area contributed by atoms with Gasteiger partial charge in [-0.05, 0) is 66.7 Å². The van der Waals surface area contributed by atoms with E-state index >= 15 is 0 Å². The summed E-state index contributed by atoms with van der Waals surface area (Å²) in [5.41, 5.74) is 9.22. The monoisotopic (exact) mass is 492 g/mol. The number of benzene rings is 3. The van der Waals surface area contributed by atoms with Crippen LogP contribution in [-0.2, 0) is 0 Å². The number of aromatic nitrogens is 2. The number of guanidine groups is 1. The number of non-ortho nitro benzene ring substituents is 1. The molecule has 4 N–H and O–H groups in total. The van der Waals surface area contributed by atoms with Gasteiger partial charge in [0.15, 0.2) is 0 Å². The first kappa shape index (κ1) is 24.9. The first-order chi connectivity index (χ1) is 16.4. The van der Waals surface area contributed by atoms with Crippen molar-refractivity contribution < 1.29 is 14.8 Å². The number of nitro benzene ring substituents is 1. The molecule has 0 saturated heterocycles. The number of phenols is 1. The summed E-state index contributed by atoms with van der Waals surface area (Å²) in [6.45, 7) is 0. The minimum atomic E-state index is -0.460. The smallest absolute Gasteiger partial charge is 0.269 e. The maximum atomic E-state index is 11.0. The number of methoxy groups -OCH3 is 1. The molecule has 11 heteroatoms. The van der Waals surface area contributed by atoms with Crippen molar-refractivity contribution in [1.82, 2.24) is 9.97 Å². The third-order valence-electron chi connectivity index (χ3n) is 4.83. The van der Waals surface area contributed by atoms with Crippen LogP contribution in [0, 0.1) is 10.1 Å².